The van der Waals surface area contributed by atoms with Gasteiger partial charge in [-0.2, -0.15) is 5.10 Å². The molecule has 1 fully saturated rings. The molecule has 1 aliphatic rings. The van der Waals surface area contributed by atoms with Gasteiger partial charge in [0.1, 0.15) is 23.0 Å². The van der Waals surface area contributed by atoms with Crippen LogP contribution in [0.15, 0.2) is 42.6 Å². The molecule has 4 rings (SSSR count). The zero-order valence-corrected chi connectivity index (χ0v) is 14.0. The fourth-order valence-electron chi connectivity index (χ4n) is 2.93. The van der Waals surface area contributed by atoms with Crippen molar-refractivity contribution in [2.75, 3.05) is 5.73 Å². The molecule has 0 aliphatic heterocycles. The monoisotopic (exact) mass is 337 g/mol. The second kappa shape index (κ2) is 6.20. The highest BCUT2D eigenvalue weighted by Gasteiger charge is 2.24. The third kappa shape index (κ3) is 3.33. The molecule has 5 nitrogen and oxygen atoms in total. The minimum atomic E-state index is -0.262. The van der Waals surface area contributed by atoms with Gasteiger partial charge in [-0.25, -0.2) is 9.07 Å². The fourth-order valence-corrected chi connectivity index (χ4v) is 2.93. The molecule has 0 saturated heterocycles. The zero-order valence-electron chi connectivity index (χ0n) is 14.0. The topological polar surface area (TPSA) is 72.5 Å². The average Bonchev–Trinajstić information content (AvgIpc) is 3.32. The van der Waals surface area contributed by atoms with Crippen LogP contribution >= 0.6 is 0 Å². The third-order valence-electron chi connectivity index (χ3n) is 4.38. The molecular formula is C19H20FN5. The number of anilines is 1. The molecule has 0 unspecified atom stereocenters. The predicted octanol–water partition coefficient (Wildman–Crippen LogP) is 3.99. The van der Waals surface area contributed by atoms with E-state index in [4.69, 9.17) is 10.8 Å². The van der Waals surface area contributed by atoms with Gasteiger partial charge in [0.05, 0.1) is 0 Å². The van der Waals surface area contributed by atoms with E-state index in [1.54, 1.807) is 24.4 Å². The number of H-pyrrole nitrogens is 1. The van der Waals surface area contributed by atoms with Crippen LogP contribution in [-0.2, 0) is 6.54 Å². The first-order valence-electron chi connectivity index (χ1n) is 8.42. The van der Waals surface area contributed by atoms with Crippen molar-refractivity contribution in [2.45, 2.75) is 26.3 Å². The summed E-state index contributed by atoms with van der Waals surface area (Å²) in [7, 11) is 0. The number of nitrogen functional groups attached to an aromatic ring is 1. The smallest absolute Gasteiger partial charge is 0.137 e. The average molecular weight is 337 g/mol. The molecule has 25 heavy (non-hydrogen) atoms. The molecule has 3 aromatic rings. The number of fused-ring (bicyclic) bond motifs is 1. The maximum absolute atomic E-state index is 13.3. The Morgan fingerprint density at radius 1 is 1.24 bits per heavy atom. The van der Waals surface area contributed by atoms with Crippen LogP contribution in [0.3, 0.4) is 0 Å². The van der Waals surface area contributed by atoms with E-state index in [9.17, 15) is 4.39 Å². The number of halogens is 1. The van der Waals surface area contributed by atoms with Gasteiger partial charge in [-0.3, -0.25) is 4.98 Å². The Kier molecular flexibility index (Phi) is 3.87. The van der Waals surface area contributed by atoms with Gasteiger partial charge >= 0.3 is 0 Å². The molecule has 2 heterocycles. The summed E-state index contributed by atoms with van der Waals surface area (Å²) >= 11 is 0. The molecule has 1 aromatic carbocycles. The molecule has 0 bridgehead atoms. The summed E-state index contributed by atoms with van der Waals surface area (Å²) in [6, 6.07) is 10.1. The van der Waals surface area contributed by atoms with Crippen LogP contribution in [0.2, 0.25) is 0 Å². The first-order chi connectivity index (χ1) is 12.1. The van der Waals surface area contributed by atoms with Gasteiger partial charge in [0, 0.05) is 29.4 Å². The lowest BCUT2D eigenvalue weighted by molar-refractivity contribution is 0.578. The highest BCUT2D eigenvalue weighted by atomic mass is 19.1. The number of hydrogen-bond acceptors (Lipinski definition) is 3. The summed E-state index contributed by atoms with van der Waals surface area (Å²) in [6.07, 6.45) is 4.20. The molecule has 1 saturated carbocycles. The van der Waals surface area contributed by atoms with Crippen molar-refractivity contribution in [3.8, 4) is 11.3 Å². The summed E-state index contributed by atoms with van der Waals surface area (Å²) in [6.45, 7) is 2.74. The van der Waals surface area contributed by atoms with Gasteiger partial charge < -0.3 is 10.7 Å². The highest BCUT2D eigenvalue weighted by Crippen LogP contribution is 2.33. The summed E-state index contributed by atoms with van der Waals surface area (Å²) < 4.78 is 15.3. The molecule has 0 atom stereocenters. The number of aryl methyl sites for hydroxylation is 1. The maximum Gasteiger partial charge on any atom is 0.137 e. The third-order valence-corrected chi connectivity index (χ3v) is 4.38. The van der Waals surface area contributed by atoms with Crippen molar-refractivity contribution in [1.82, 2.24) is 19.7 Å². The van der Waals surface area contributed by atoms with Crippen LogP contribution in [0.1, 0.15) is 18.5 Å². The van der Waals surface area contributed by atoms with Crippen molar-refractivity contribution >= 4 is 16.9 Å². The summed E-state index contributed by atoms with van der Waals surface area (Å²) in [5.74, 6) is 0.919. The largest absolute Gasteiger partial charge is 0.385 e. The first kappa shape index (κ1) is 15.6. The SMILES string of the molecule is Cc1cc(N)[nH]c2c(ccn1)c(-c1ccc(F)cc1)nn2CC1CC1. The molecule has 0 spiro atoms. The Morgan fingerprint density at radius 2 is 2.00 bits per heavy atom. The molecule has 3 N–H and O–H groups in total. The van der Waals surface area contributed by atoms with E-state index in [1.807, 2.05) is 17.7 Å². The van der Waals surface area contributed by atoms with Crippen LogP contribution in [0.5, 0.6) is 0 Å². The minimum absolute atomic E-state index is 0.262. The van der Waals surface area contributed by atoms with E-state index in [1.165, 1.54) is 25.0 Å². The van der Waals surface area contributed by atoms with Crippen molar-refractivity contribution in [3.63, 3.8) is 0 Å². The lowest BCUT2D eigenvalue weighted by Crippen LogP contribution is -2.03. The molecule has 6 heteroatoms. The van der Waals surface area contributed by atoms with Crippen molar-refractivity contribution in [2.24, 2.45) is 5.92 Å². The minimum Gasteiger partial charge on any atom is -0.385 e. The van der Waals surface area contributed by atoms with E-state index in [-0.39, 0.29) is 5.82 Å². The van der Waals surface area contributed by atoms with Crippen molar-refractivity contribution in [3.05, 3.63) is 54.1 Å². The second-order valence-electron chi connectivity index (χ2n) is 6.55. The normalized spacial score (nSPS) is 13.8. The van der Waals surface area contributed by atoms with E-state index < -0.39 is 0 Å². The van der Waals surface area contributed by atoms with Gasteiger partial charge in [0.15, 0.2) is 0 Å². The Hall–Kier alpha value is -2.89. The van der Waals surface area contributed by atoms with Crippen molar-refractivity contribution in [1.29, 1.82) is 0 Å². The van der Waals surface area contributed by atoms with Gasteiger partial charge in [0.2, 0.25) is 0 Å². The van der Waals surface area contributed by atoms with Crippen LogP contribution in [-0.4, -0.2) is 19.7 Å². The number of nitrogens with zero attached hydrogens (tertiary/aromatic N) is 3. The quantitative estimate of drug-likeness (QED) is 0.759. The van der Waals surface area contributed by atoms with Crippen LogP contribution in [0.25, 0.3) is 22.3 Å². The Morgan fingerprint density at radius 3 is 2.72 bits per heavy atom. The standard InChI is InChI=1S/C19H20FN5/c1-12-10-17(21)23-19-16(8-9-22-12)18(14-4-6-15(20)7-5-14)24-25(19)11-13-2-3-13/h4-10,13,23H,2-3,11,21H2,1H3. The lowest BCUT2D eigenvalue weighted by atomic mass is 10.1. The molecular weight excluding hydrogens is 317 g/mol. The number of benzene rings is 1. The van der Waals surface area contributed by atoms with Gasteiger partial charge in [-0.1, -0.05) is 0 Å². The zero-order chi connectivity index (χ0) is 17.4. The van der Waals surface area contributed by atoms with Gasteiger partial charge in [-0.05, 0) is 62.1 Å². The first-order valence-corrected chi connectivity index (χ1v) is 8.42. The highest BCUT2D eigenvalue weighted by molar-refractivity contribution is 5.90. The molecule has 2 aromatic heterocycles. The van der Waals surface area contributed by atoms with Gasteiger partial charge in [-0.15, -0.1) is 0 Å². The Bertz CT molecular complexity index is 965. The number of nitrogens with two attached hydrogens (primary N) is 1. The fraction of sp³-hybridized carbons (Fsp3) is 0.263. The van der Waals surface area contributed by atoms with Crippen LogP contribution in [0, 0.1) is 18.7 Å². The number of nitrogens with one attached hydrogen (secondary N) is 1. The van der Waals surface area contributed by atoms with E-state index in [0.29, 0.717) is 11.7 Å². The van der Waals surface area contributed by atoms with Crippen molar-refractivity contribution < 1.29 is 4.39 Å². The van der Waals surface area contributed by atoms with Gasteiger partial charge in [0.25, 0.3) is 0 Å². The van der Waals surface area contributed by atoms with Crippen LogP contribution < -0.4 is 5.73 Å². The second-order valence-corrected chi connectivity index (χ2v) is 6.55. The lowest BCUT2D eigenvalue weighted by Gasteiger charge is -2.01. The molecule has 1 aliphatic carbocycles. The van der Waals surface area contributed by atoms with E-state index >= 15 is 0 Å². The number of hydrogen-bond donors (Lipinski definition) is 2. The number of aromatic nitrogens is 4. The van der Waals surface area contributed by atoms with E-state index in [0.717, 1.165) is 34.5 Å². The Labute approximate surface area is 145 Å². The summed E-state index contributed by atoms with van der Waals surface area (Å²) in [4.78, 5) is 7.64. The molecule has 0 radical (unpaired) electrons. The molecule has 0 amide bonds. The summed E-state index contributed by atoms with van der Waals surface area (Å²) in [5, 5.41) is 5.69. The number of aromatic amines is 1. The predicted molar refractivity (Wildman–Crippen MR) is 96.8 cm³/mol. The Balaban J connectivity index is 2.00. The molecule has 128 valence electrons. The summed E-state index contributed by atoms with van der Waals surface area (Å²) in [5.41, 5.74) is 9.43. The van der Waals surface area contributed by atoms with Crippen LogP contribution in [0.4, 0.5) is 10.2 Å². The van der Waals surface area contributed by atoms with E-state index in [2.05, 4.69) is 9.97 Å². The maximum atomic E-state index is 13.3. The number of rotatable bonds is 3.